The van der Waals surface area contributed by atoms with Crippen LogP contribution in [0.2, 0.25) is 0 Å². The van der Waals surface area contributed by atoms with Crippen LogP contribution in [0.3, 0.4) is 0 Å². The van der Waals surface area contributed by atoms with Crippen molar-refractivity contribution < 1.29 is 17.4 Å². The van der Waals surface area contributed by atoms with Gasteiger partial charge in [0.15, 0.2) is 0 Å². The maximum absolute atomic E-state index is 13.4. The SMILES string of the molecule is [2H]C([2H])([2H])Oc1ccc(F)cc1C(C)=N[S@@](=O)C(C)(C)C. The lowest BCUT2D eigenvalue weighted by Crippen LogP contribution is -2.20. The number of benzene rings is 1. The van der Waals surface area contributed by atoms with E-state index in [1.165, 1.54) is 13.0 Å². The minimum absolute atomic E-state index is 0.0245. The molecule has 18 heavy (non-hydrogen) atoms. The number of hydrogen-bond donors (Lipinski definition) is 0. The summed E-state index contributed by atoms with van der Waals surface area (Å²) >= 11 is 0. The molecule has 0 radical (unpaired) electrons. The van der Waals surface area contributed by atoms with E-state index in [0.717, 1.165) is 12.1 Å². The van der Waals surface area contributed by atoms with Crippen LogP contribution in [0.4, 0.5) is 4.39 Å². The lowest BCUT2D eigenvalue weighted by Gasteiger charge is -2.15. The largest absolute Gasteiger partial charge is 0.496 e. The van der Waals surface area contributed by atoms with Gasteiger partial charge in [-0.15, -0.1) is 0 Å². The van der Waals surface area contributed by atoms with E-state index in [2.05, 4.69) is 4.40 Å². The van der Waals surface area contributed by atoms with Crippen LogP contribution in [-0.4, -0.2) is 21.7 Å². The Labute approximate surface area is 114 Å². The van der Waals surface area contributed by atoms with Gasteiger partial charge in [-0.2, -0.15) is 4.40 Å². The molecule has 1 aromatic carbocycles. The van der Waals surface area contributed by atoms with Gasteiger partial charge in [-0.25, -0.2) is 8.60 Å². The average Bonchev–Trinajstić information content (AvgIpc) is 2.28. The normalized spacial score (nSPS) is 17.6. The molecule has 0 aromatic heterocycles. The predicted octanol–water partition coefficient (Wildman–Crippen LogP) is 3.11. The van der Waals surface area contributed by atoms with E-state index in [0.29, 0.717) is 0 Å². The highest BCUT2D eigenvalue weighted by Gasteiger charge is 2.20. The fourth-order valence-electron chi connectivity index (χ4n) is 1.18. The summed E-state index contributed by atoms with van der Waals surface area (Å²) in [6, 6.07) is 3.43. The van der Waals surface area contributed by atoms with E-state index in [1.54, 1.807) is 20.8 Å². The monoisotopic (exact) mass is 274 g/mol. The molecule has 3 nitrogen and oxygen atoms in total. The topological polar surface area (TPSA) is 38.7 Å². The van der Waals surface area contributed by atoms with E-state index in [9.17, 15) is 8.60 Å². The van der Waals surface area contributed by atoms with Crippen molar-refractivity contribution in [3.05, 3.63) is 29.6 Å². The Hall–Kier alpha value is -1.23. The molecule has 1 aromatic rings. The van der Waals surface area contributed by atoms with Crippen molar-refractivity contribution in [2.45, 2.75) is 32.4 Å². The summed E-state index contributed by atoms with van der Waals surface area (Å²) in [4.78, 5) is 0. The van der Waals surface area contributed by atoms with Crippen LogP contribution in [-0.2, 0) is 11.0 Å². The van der Waals surface area contributed by atoms with E-state index in [4.69, 9.17) is 8.85 Å². The lowest BCUT2D eigenvalue weighted by atomic mass is 10.1. The Morgan fingerprint density at radius 3 is 2.72 bits per heavy atom. The van der Waals surface area contributed by atoms with Gasteiger partial charge < -0.3 is 4.74 Å². The highest BCUT2D eigenvalue weighted by atomic mass is 32.2. The summed E-state index contributed by atoms with van der Waals surface area (Å²) < 4.78 is 55.0. The molecule has 5 heteroatoms. The molecular weight excluding hydrogens is 253 g/mol. The molecule has 0 aliphatic carbocycles. The molecule has 0 spiro atoms. The second kappa shape index (κ2) is 5.61. The minimum Gasteiger partial charge on any atom is -0.496 e. The second-order valence-electron chi connectivity index (χ2n) is 4.78. The van der Waals surface area contributed by atoms with Gasteiger partial charge in [0.2, 0.25) is 0 Å². The maximum Gasteiger partial charge on any atom is 0.145 e. The Balaban J connectivity index is 3.25. The molecule has 1 rings (SSSR count). The van der Waals surface area contributed by atoms with Crippen molar-refractivity contribution >= 4 is 16.7 Å². The molecule has 0 amide bonds. The van der Waals surface area contributed by atoms with Crippen LogP contribution < -0.4 is 4.74 Å². The first-order valence-corrected chi connectivity index (χ1v) is 6.47. The molecular formula is C13H18FNO2S. The molecule has 0 aliphatic heterocycles. The summed E-state index contributed by atoms with van der Waals surface area (Å²) in [5.74, 6) is -0.581. The zero-order valence-corrected chi connectivity index (χ0v) is 11.6. The summed E-state index contributed by atoms with van der Waals surface area (Å²) in [6.45, 7) is 6.80. The smallest absolute Gasteiger partial charge is 0.145 e. The van der Waals surface area contributed by atoms with Crippen molar-refractivity contribution in [1.82, 2.24) is 0 Å². The van der Waals surface area contributed by atoms with Gasteiger partial charge in [-0.05, 0) is 45.9 Å². The molecule has 0 fully saturated rings. The molecule has 0 bridgehead atoms. The molecule has 100 valence electrons. The third-order valence-corrected chi connectivity index (χ3v) is 3.67. The molecule has 0 aliphatic rings. The number of halogens is 1. The standard InChI is InChI=1S/C13H18FNO2S/c1-9(15-18(16)13(2,3)4)11-8-10(14)6-7-12(11)17-5/h6-8H,1-5H3/t18-/m0/s1/i5D3. The fourth-order valence-corrected chi connectivity index (χ4v) is 1.81. The minimum atomic E-state index is -2.66. The number of hydrogen-bond acceptors (Lipinski definition) is 2. The molecule has 0 saturated carbocycles. The molecule has 1 atom stereocenters. The third kappa shape index (κ3) is 3.63. The summed E-state index contributed by atoms with van der Waals surface area (Å²) in [5, 5.41) is 0. The highest BCUT2D eigenvalue weighted by Crippen LogP contribution is 2.21. The predicted molar refractivity (Wildman–Crippen MR) is 73.1 cm³/mol. The van der Waals surface area contributed by atoms with E-state index >= 15 is 0 Å². The van der Waals surface area contributed by atoms with Crippen molar-refractivity contribution in [1.29, 1.82) is 0 Å². The van der Waals surface area contributed by atoms with Crippen molar-refractivity contribution in [2.75, 3.05) is 7.04 Å². The van der Waals surface area contributed by atoms with Gasteiger partial charge >= 0.3 is 0 Å². The van der Waals surface area contributed by atoms with Crippen LogP contribution in [0.5, 0.6) is 5.75 Å². The van der Waals surface area contributed by atoms with Crippen molar-refractivity contribution in [3.63, 3.8) is 0 Å². The maximum atomic E-state index is 13.4. The van der Waals surface area contributed by atoms with Gasteiger partial charge in [0, 0.05) is 5.56 Å². The van der Waals surface area contributed by atoms with Gasteiger partial charge in [0.25, 0.3) is 0 Å². The van der Waals surface area contributed by atoms with Gasteiger partial charge in [0.05, 0.1) is 21.6 Å². The highest BCUT2D eigenvalue weighted by molar-refractivity contribution is 7.85. The van der Waals surface area contributed by atoms with E-state index < -0.39 is 28.6 Å². The number of rotatable bonds is 3. The zero-order valence-electron chi connectivity index (χ0n) is 13.8. The zero-order chi connectivity index (χ0) is 16.4. The Morgan fingerprint density at radius 2 is 2.17 bits per heavy atom. The lowest BCUT2D eigenvalue weighted by molar-refractivity contribution is 0.413. The third-order valence-electron chi connectivity index (χ3n) is 2.19. The summed E-state index contributed by atoms with van der Waals surface area (Å²) in [5.41, 5.74) is 0.422. The van der Waals surface area contributed by atoms with Gasteiger partial charge in [-0.3, -0.25) is 0 Å². The first-order valence-electron chi connectivity index (χ1n) is 6.86. The average molecular weight is 274 g/mol. The van der Waals surface area contributed by atoms with Crippen LogP contribution in [0.15, 0.2) is 22.6 Å². The Kier molecular flexibility index (Phi) is 3.32. The van der Waals surface area contributed by atoms with Crippen molar-refractivity contribution in [3.8, 4) is 5.75 Å². The van der Waals surface area contributed by atoms with Gasteiger partial charge in [0.1, 0.15) is 22.6 Å². The Morgan fingerprint density at radius 1 is 1.50 bits per heavy atom. The molecule has 0 N–H and O–H groups in total. The molecule has 0 heterocycles. The fraction of sp³-hybridized carbons (Fsp3) is 0.462. The first kappa shape index (κ1) is 10.7. The first-order chi connectivity index (χ1) is 9.40. The second-order valence-corrected chi connectivity index (χ2v) is 6.69. The quantitative estimate of drug-likeness (QED) is 0.794. The molecule has 0 unspecified atom stereocenters. The number of nitrogens with zero attached hydrogens (tertiary/aromatic N) is 1. The van der Waals surface area contributed by atoms with Crippen LogP contribution in [0.25, 0.3) is 0 Å². The summed E-state index contributed by atoms with van der Waals surface area (Å²) in [7, 11) is -4.19. The number of ether oxygens (including phenoxy) is 1. The Bertz CT molecular complexity index is 580. The van der Waals surface area contributed by atoms with Gasteiger partial charge in [-0.1, -0.05) is 0 Å². The molecule has 0 saturated heterocycles. The van der Waals surface area contributed by atoms with E-state index in [-0.39, 0.29) is 17.0 Å². The number of methoxy groups -OCH3 is 1. The van der Waals surface area contributed by atoms with Crippen LogP contribution in [0, 0.1) is 5.82 Å². The van der Waals surface area contributed by atoms with Crippen LogP contribution in [0.1, 0.15) is 37.4 Å². The van der Waals surface area contributed by atoms with Crippen LogP contribution >= 0.6 is 0 Å². The van der Waals surface area contributed by atoms with E-state index in [1.807, 2.05) is 0 Å². The summed E-state index contributed by atoms with van der Waals surface area (Å²) in [6.07, 6.45) is 0. The van der Waals surface area contributed by atoms with Crippen molar-refractivity contribution in [2.24, 2.45) is 4.40 Å².